The van der Waals surface area contributed by atoms with Crippen LogP contribution in [0.2, 0.25) is 0 Å². The first-order valence-electron chi connectivity index (χ1n) is 5.32. The Morgan fingerprint density at radius 3 is 2.40 bits per heavy atom. The molecule has 2 rings (SSSR count). The van der Waals surface area contributed by atoms with Gasteiger partial charge < -0.3 is 0 Å². The van der Waals surface area contributed by atoms with Crippen LogP contribution in [-0.4, -0.2) is 23.5 Å². The molecule has 2 aliphatic carbocycles. The van der Waals surface area contributed by atoms with E-state index in [-0.39, 0.29) is 16.1 Å². The average Bonchev–Trinajstić information content (AvgIpc) is 2.30. The van der Waals surface area contributed by atoms with E-state index < -0.39 is 15.4 Å². The molecule has 0 aliphatic heterocycles. The first-order valence-corrected chi connectivity index (χ1v) is 7.34. The highest BCUT2D eigenvalue weighted by molar-refractivity contribution is 7.86. The predicted molar refractivity (Wildman–Crippen MR) is 62.8 cm³/mol. The summed E-state index contributed by atoms with van der Waals surface area (Å²) in [4.78, 5) is 0. The summed E-state index contributed by atoms with van der Waals surface area (Å²) in [5.74, 6) is 0. The molecule has 0 aromatic rings. The van der Waals surface area contributed by atoms with Crippen molar-refractivity contribution in [2.75, 3.05) is 0 Å². The van der Waals surface area contributed by atoms with Crippen molar-refractivity contribution in [1.82, 2.24) is 0 Å². The first-order chi connectivity index (χ1) is 6.67. The Balaban J connectivity index is 2.40. The zero-order valence-corrected chi connectivity index (χ0v) is 10.8. The van der Waals surface area contributed by atoms with E-state index in [0.717, 1.165) is 19.3 Å². The van der Waals surface area contributed by atoms with E-state index in [0.29, 0.717) is 6.42 Å². The summed E-state index contributed by atoms with van der Waals surface area (Å²) >= 11 is 4.55. The van der Waals surface area contributed by atoms with Crippen LogP contribution in [0.25, 0.3) is 0 Å². The van der Waals surface area contributed by atoms with Crippen molar-refractivity contribution in [3.8, 4) is 0 Å². The molecule has 5 heteroatoms. The van der Waals surface area contributed by atoms with Gasteiger partial charge in [0.15, 0.2) is 0 Å². The second-order valence-electron chi connectivity index (χ2n) is 5.75. The molecule has 2 aliphatic rings. The van der Waals surface area contributed by atoms with Crippen molar-refractivity contribution in [3.63, 3.8) is 0 Å². The molecule has 4 unspecified atom stereocenters. The van der Waals surface area contributed by atoms with Gasteiger partial charge in [-0.15, -0.1) is 0 Å². The third-order valence-electron chi connectivity index (χ3n) is 4.39. The molecule has 0 saturated heterocycles. The molecule has 0 heterocycles. The topological polar surface area (TPSA) is 54.4 Å². The Hall–Kier alpha value is 0.260. The van der Waals surface area contributed by atoms with Crippen LogP contribution in [-0.2, 0) is 10.1 Å². The predicted octanol–water partition coefficient (Wildman–Crippen LogP) is 2.14. The summed E-state index contributed by atoms with van der Waals surface area (Å²) in [6.07, 6.45) is 3.21. The van der Waals surface area contributed by atoms with Crippen molar-refractivity contribution in [1.29, 1.82) is 0 Å². The van der Waals surface area contributed by atoms with Gasteiger partial charge in [-0.2, -0.15) is 21.0 Å². The lowest BCUT2D eigenvalue weighted by Crippen LogP contribution is -2.36. The van der Waals surface area contributed by atoms with E-state index in [1.54, 1.807) is 0 Å². The summed E-state index contributed by atoms with van der Waals surface area (Å²) in [6, 6.07) is 0. The van der Waals surface area contributed by atoms with E-state index >= 15 is 0 Å². The molecule has 15 heavy (non-hydrogen) atoms. The third kappa shape index (κ3) is 1.72. The highest BCUT2D eigenvalue weighted by Crippen LogP contribution is 2.61. The molecule has 3 nitrogen and oxygen atoms in total. The number of rotatable bonds is 1. The van der Waals surface area contributed by atoms with E-state index in [2.05, 4.69) is 19.6 Å². The SMILES string of the molecule is CC12CC(S(=O)(=O)O)C(C)(CCC1S)C2. The lowest BCUT2D eigenvalue weighted by atomic mass is 9.70. The standard InChI is InChI=1S/C10H18O3S2/c1-9-4-3-7(14)10(2,6-9)5-8(9)15(11,12)13/h7-8,14H,3-6H2,1-2H3,(H,11,12,13). The van der Waals surface area contributed by atoms with Gasteiger partial charge in [-0.05, 0) is 36.5 Å². The number of thiol groups is 1. The summed E-state index contributed by atoms with van der Waals surface area (Å²) in [5, 5.41) is -0.329. The van der Waals surface area contributed by atoms with Crippen LogP contribution in [0.5, 0.6) is 0 Å². The fourth-order valence-electron chi connectivity index (χ4n) is 3.56. The molecule has 2 fully saturated rings. The molecule has 0 amide bonds. The number of hydrogen-bond donors (Lipinski definition) is 2. The van der Waals surface area contributed by atoms with Crippen molar-refractivity contribution in [2.24, 2.45) is 10.8 Å². The van der Waals surface area contributed by atoms with Crippen LogP contribution in [0.4, 0.5) is 0 Å². The molecular weight excluding hydrogens is 232 g/mol. The van der Waals surface area contributed by atoms with Crippen molar-refractivity contribution >= 4 is 22.7 Å². The minimum Gasteiger partial charge on any atom is -0.285 e. The van der Waals surface area contributed by atoms with Gasteiger partial charge in [-0.3, -0.25) is 4.55 Å². The second-order valence-corrected chi connectivity index (χ2v) is 7.97. The summed E-state index contributed by atoms with van der Waals surface area (Å²) in [6.45, 7) is 4.07. The second kappa shape index (κ2) is 3.14. The van der Waals surface area contributed by atoms with Crippen LogP contribution in [0.3, 0.4) is 0 Å². The first kappa shape index (κ1) is 11.7. The van der Waals surface area contributed by atoms with Crippen molar-refractivity contribution < 1.29 is 13.0 Å². The molecule has 1 N–H and O–H groups in total. The Bertz CT molecular complexity index is 378. The van der Waals surface area contributed by atoms with E-state index in [4.69, 9.17) is 0 Å². The minimum atomic E-state index is -3.91. The van der Waals surface area contributed by atoms with Crippen LogP contribution < -0.4 is 0 Å². The quantitative estimate of drug-likeness (QED) is 0.554. The summed E-state index contributed by atoms with van der Waals surface area (Å²) < 4.78 is 32.0. The Labute approximate surface area is 96.8 Å². The zero-order valence-electron chi connectivity index (χ0n) is 9.10. The highest BCUT2D eigenvalue weighted by Gasteiger charge is 2.59. The largest absolute Gasteiger partial charge is 0.285 e. The van der Waals surface area contributed by atoms with Gasteiger partial charge in [0.1, 0.15) is 0 Å². The Kier molecular flexibility index (Phi) is 2.46. The summed E-state index contributed by atoms with van der Waals surface area (Å²) in [7, 11) is -3.91. The lowest BCUT2D eigenvalue weighted by Gasteiger charge is -2.39. The van der Waals surface area contributed by atoms with Gasteiger partial charge in [0.2, 0.25) is 0 Å². The number of hydrogen-bond acceptors (Lipinski definition) is 3. The minimum absolute atomic E-state index is 0.0312. The van der Waals surface area contributed by atoms with E-state index in [1.165, 1.54) is 0 Å². The van der Waals surface area contributed by atoms with Gasteiger partial charge in [0, 0.05) is 5.25 Å². The van der Waals surface area contributed by atoms with E-state index in [9.17, 15) is 13.0 Å². The zero-order chi connectivity index (χ0) is 11.5. The fraction of sp³-hybridized carbons (Fsp3) is 1.00. The fourth-order valence-corrected chi connectivity index (χ4v) is 5.40. The summed E-state index contributed by atoms with van der Waals surface area (Å²) in [5.41, 5.74) is -0.280. The molecule has 88 valence electrons. The van der Waals surface area contributed by atoms with Gasteiger partial charge in [-0.1, -0.05) is 13.8 Å². The molecule has 0 aromatic carbocycles. The van der Waals surface area contributed by atoms with Gasteiger partial charge in [-0.25, -0.2) is 0 Å². The van der Waals surface area contributed by atoms with Gasteiger partial charge >= 0.3 is 0 Å². The Morgan fingerprint density at radius 2 is 1.93 bits per heavy atom. The van der Waals surface area contributed by atoms with Gasteiger partial charge in [0.25, 0.3) is 10.1 Å². The van der Waals surface area contributed by atoms with Crippen LogP contribution in [0.15, 0.2) is 0 Å². The molecule has 2 saturated carbocycles. The molecule has 0 radical (unpaired) electrons. The molecule has 2 bridgehead atoms. The monoisotopic (exact) mass is 250 g/mol. The lowest BCUT2D eigenvalue weighted by molar-refractivity contribution is 0.180. The van der Waals surface area contributed by atoms with Crippen molar-refractivity contribution in [3.05, 3.63) is 0 Å². The van der Waals surface area contributed by atoms with E-state index in [1.807, 2.05) is 6.92 Å². The molecular formula is C10H18O3S2. The van der Waals surface area contributed by atoms with Crippen LogP contribution in [0, 0.1) is 10.8 Å². The maximum atomic E-state index is 11.4. The average molecular weight is 250 g/mol. The highest BCUT2D eigenvalue weighted by atomic mass is 32.2. The van der Waals surface area contributed by atoms with Crippen LogP contribution >= 0.6 is 12.6 Å². The normalized spacial score (nSPS) is 50.7. The molecule has 4 atom stereocenters. The maximum Gasteiger partial charge on any atom is 0.268 e. The van der Waals surface area contributed by atoms with Crippen LogP contribution in [0.1, 0.15) is 39.5 Å². The molecule has 0 aromatic heterocycles. The smallest absolute Gasteiger partial charge is 0.268 e. The maximum absolute atomic E-state index is 11.4. The number of fused-ring (bicyclic) bond motifs is 2. The third-order valence-corrected chi connectivity index (χ3v) is 6.73. The van der Waals surface area contributed by atoms with Crippen molar-refractivity contribution in [2.45, 2.75) is 50.0 Å². The van der Waals surface area contributed by atoms with Gasteiger partial charge in [0.05, 0.1) is 5.25 Å². The molecule has 0 spiro atoms. The Morgan fingerprint density at radius 1 is 1.33 bits per heavy atom.